The number of benzene rings is 1. The van der Waals surface area contributed by atoms with E-state index < -0.39 is 0 Å². The molecular formula is C23H30N4O6. The summed E-state index contributed by atoms with van der Waals surface area (Å²) >= 11 is 0. The Morgan fingerprint density at radius 1 is 1.24 bits per heavy atom. The van der Waals surface area contributed by atoms with Crippen LogP contribution in [0.3, 0.4) is 0 Å². The van der Waals surface area contributed by atoms with Gasteiger partial charge in [-0.25, -0.2) is 0 Å². The molecular weight excluding hydrogens is 428 g/mol. The highest BCUT2D eigenvalue weighted by atomic mass is 16.5. The first-order chi connectivity index (χ1) is 15.9. The summed E-state index contributed by atoms with van der Waals surface area (Å²) in [4.78, 5) is 44.5. The van der Waals surface area contributed by atoms with Gasteiger partial charge in [0, 0.05) is 38.5 Å². The van der Waals surface area contributed by atoms with Crippen molar-refractivity contribution < 1.29 is 28.4 Å². The van der Waals surface area contributed by atoms with E-state index in [0.717, 1.165) is 17.7 Å². The maximum Gasteiger partial charge on any atom is 0.310 e. The van der Waals surface area contributed by atoms with Gasteiger partial charge in [-0.2, -0.15) is 4.98 Å². The molecule has 1 aliphatic heterocycles. The molecule has 33 heavy (non-hydrogen) atoms. The van der Waals surface area contributed by atoms with E-state index in [1.54, 1.807) is 38.1 Å². The number of piperidine rings is 1. The minimum atomic E-state index is -0.305. The van der Waals surface area contributed by atoms with Crippen LogP contribution in [-0.4, -0.2) is 78.1 Å². The normalized spacial score (nSPS) is 15.7. The second kappa shape index (κ2) is 11.4. The molecule has 1 fully saturated rings. The summed E-state index contributed by atoms with van der Waals surface area (Å²) in [6, 6.07) is 7.26. The van der Waals surface area contributed by atoms with Crippen molar-refractivity contribution in [2.45, 2.75) is 32.6 Å². The Hall–Kier alpha value is -3.43. The van der Waals surface area contributed by atoms with Crippen LogP contribution in [0.4, 0.5) is 0 Å². The molecule has 3 rings (SSSR count). The smallest absolute Gasteiger partial charge is 0.310 e. The molecule has 1 saturated heterocycles. The van der Waals surface area contributed by atoms with Crippen molar-refractivity contribution in [3.05, 3.63) is 30.2 Å². The lowest BCUT2D eigenvalue weighted by Gasteiger charge is -2.32. The number of aromatic nitrogens is 2. The molecule has 1 atom stereocenters. The van der Waals surface area contributed by atoms with Gasteiger partial charge in [0.05, 0.1) is 26.2 Å². The van der Waals surface area contributed by atoms with Crippen LogP contribution in [0.15, 0.2) is 28.8 Å². The highest BCUT2D eigenvalue weighted by Crippen LogP contribution is 2.20. The average molecular weight is 459 g/mol. The average Bonchev–Trinajstić information content (AvgIpc) is 3.31. The first kappa shape index (κ1) is 24.2. The van der Waals surface area contributed by atoms with E-state index in [2.05, 4.69) is 10.1 Å². The van der Waals surface area contributed by atoms with Gasteiger partial charge < -0.3 is 23.8 Å². The Kier molecular flexibility index (Phi) is 8.39. The van der Waals surface area contributed by atoms with Crippen LogP contribution in [0, 0.1) is 5.92 Å². The van der Waals surface area contributed by atoms with Crippen LogP contribution < -0.4 is 4.74 Å². The second-order valence-electron chi connectivity index (χ2n) is 7.92. The Morgan fingerprint density at radius 2 is 2.00 bits per heavy atom. The third kappa shape index (κ3) is 6.53. The predicted octanol–water partition coefficient (Wildman–Crippen LogP) is 1.94. The number of methoxy groups -OCH3 is 1. The number of carbonyl (C=O) groups excluding carboxylic acids is 3. The molecule has 178 valence electrons. The Balaban J connectivity index is 1.47. The standard InChI is InChI=1S/C23H30N4O6/c1-4-32-23(30)17-6-5-13-27(14-17)21(29)15-26(2)20(28)12-11-19-24-22(25-33-19)16-7-9-18(31-3)10-8-16/h7-10,17H,4-6,11-15H2,1-3H3. The van der Waals surface area contributed by atoms with Crippen molar-refractivity contribution in [1.29, 1.82) is 0 Å². The Labute approximate surface area is 192 Å². The lowest BCUT2D eigenvalue weighted by Crippen LogP contribution is -2.47. The van der Waals surface area contributed by atoms with Crippen molar-refractivity contribution in [2.75, 3.05) is 40.4 Å². The van der Waals surface area contributed by atoms with Crippen molar-refractivity contribution in [2.24, 2.45) is 5.92 Å². The number of amides is 2. The highest BCUT2D eigenvalue weighted by Gasteiger charge is 2.30. The summed E-state index contributed by atoms with van der Waals surface area (Å²) in [6.07, 6.45) is 1.86. The maximum absolute atomic E-state index is 12.6. The molecule has 1 aromatic heterocycles. The van der Waals surface area contributed by atoms with E-state index in [0.29, 0.717) is 37.8 Å². The number of esters is 1. The number of ether oxygens (including phenoxy) is 2. The number of hydrogen-bond donors (Lipinski definition) is 0. The van der Waals surface area contributed by atoms with E-state index in [9.17, 15) is 14.4 Å². The fourth-order valence-corrected chi connectivity index (χ4v) is 3.67. The van der Waals surface area contributed by atoms with Gasteiger partial charge >= 0.3 is 5.97 Å². The molecule has 1 unspecified atom stereocenters. The zero-order valence-corrected chi connectivity index (χ0v) is 19.3. The van der Waals surface area contributed by atoms with Crippen molar-refractivity contribution in [3.8, 4) is 17.1 Å². The SMILES string of the molecule is CCOC(=O)C1CCCN(C(=O)CN(C)C(=O)CCc2nc(-c3ccc(OC)cc3)no2)C1. The molecule has 10 nitrogen and oxygen atoms in total. The van der Waals surface area contributed by atoms with Gasteiger partial charge in [-0.1, -0.05) is 5.16 Å². The Morgan fingerprint density at radius 3 is 2.70 bits per heavy atom. The molecule has 0 N–H and O–H groups in total. The van der Waals surface area contributed by atoms with Crippen LogP contribution in [-0.2, 0) is 25.5 Å². The summed E-state index contributed by atoms with van der Waals surface area (Å²) in [5.74, 6) is 0.554. The van der Waals surface area contributed by atoms with Gasteiger partial charge in [-0.15, -0.1) is 0 Å². The van der Waals surface area contributed by atoms with E-state index in [1.165, 1.54) is 4.90 Å². The van der Waals surface area contributed by atoms with Gasteiger partial charge in [-0.3, -0.25) is 14.4 Å². The first-order valence-corrected chi connectivity index (χ1v) is 11.1. The third-order valence-corrected chi connectivity index (χ3v) is 5.56. The van der Waals surface area contributed by atoms with E-state index >= 15 is 0 Å². The lowest BCUT2D eigenvalue weighted by molar-refractivity contribution is -0.152. The molecule has 0 spiro atoms. The molecule has 0 saturated carbocycles. The minimum absolute atomic E-state index is 0.0463. The first-order valence-electron chi connectivity index (χ1n) is 11.1. The van der Waals surface area contributed by atoms with Crippen LogP contribution in [0.1, 0.15) is 32.1 Å². The van der Waals surface area contributed by atoms with Crippen LogP contribution >= 0.6 is 0 Å². The number of aryl methyl sites for hydroxylation is 1. The zero-order chi connectivity index (χ0) is 23.8. The lowest BCUT2D eigenvalue weighted by atomic mass is 9.98. The van der Waals surface area contributed by atoms with Crippen LogP contribution in [0.2, 0.25) is 0 Å². The largest absolute Gasteiger partial charge is 0.497 e. The predicted molar refractivity (Wildman–Crippen MR) is 118 cm³/mol. The van der Waals surface area contributed by atoms with Gasteiger partial charge in [-0.05, 0) is 44.0 Å². The molecule has 0 aliphatic carbocycles. The van der Waals surface area contributed by atoms with E-state index in [4.69, 9.17) is 14.0 Å². The molecule has 1 aliphatic rings. The van der Waals surface area contributed by atoms with E-state index in [1.807, 2.05) is 12.1 Å². The molecule has 2 aromatic rings. The van der Waals surface area contributed by atoms with Crippen molar-refractivity contribution in [1.82, 2.24) is 19.9 Å². The second-order valence-corrected chi connectivity index (χ2v) is 7.92. The highest BCUT2D eigenvalue weighted by molar-refractivity contribution is 5.85. The number of likely N-dealkylation sites (N-methyl/N-ethyl adjacent to an activating group) is 1. The molecule has 1 aromatic carbocycles. The fourth-order valence-electron chi connectivity index (χ4n) is 3.67. The van der Waals surface area contributed by atoms with E-state index in [-0.39, 0.29) is 43.1 Å². The number of rotatable bonds is 9. The van der Waals surface area contributed by atoms with Gasteiger partial charge in [0.25, 0.3) is 0 Å². The number of likely N-dealkylation sites (tertiary alicyclic amines) is 1. The monoisotopic (exact) mass is 458 g/mol. The summed E-state index contributed by atoms with van der Waals surface area (Å²) in [5.41, 5.74) is 0.780. The van der Waals surface area contributed by atoms with Crippen molar-refractivity contribution in [3.63, 3.8) is 0 Å². The van der Waals surface area contributed by atoms with Gasteiger partial charge in [0.2, 0.25) is 23.5 Å². The summed E-state index contributed by atoms with van der Waals surface area (Å²) < 4.78 is 15.5. The van der Waals surface area contributed by atoms with Crippen molar-refractivity contribution >= 4 is 17.8 Å². The molecule has 0 bridgehead atoms. The molecule has 0 radical (unpaired) electrons. The Bertz CT molecular complexity index is 958. The summed E-state index contributed by atoms with van der Waals surface area (Å²) in [7, 11) is 3.18. The zero-order valence-electron chi connectivity index (χ0n) is 19.3. The number of hydrogen-bond acceptors (Lipinski definition) is 8. The minimum Gasteiger partial charge on any atom is -0.497 e. The third-order valence-electron chi connectivity index (χ3n) is 5.56. The summed E-state index contributed by atoms with van der Waals surface area (Å²) in [5, 5.41) is 3.96. The quantitative estimate of drug-likeness (QED) is 0.524. The molecule has 10 heteroatoms. The van der Waals surface area contributed by atoms with Crippen LogP contribution in [0.5, 0.6) is 5.75 Å². The van der Waals surface area contributed by atoms with Gasteiger partial charge in [0.15, 0.2) is 0 Å². The molecule has 2 heterocycles. The number of nitrogens with zero attached hydrogens (tertiary/aromatic N) is 4. The summed E-state index contributed by atoms with van der Waals surface area (Å²) in [6.45, 7) is 2.94. The van der Waals surface area contributed by atoms with Gasteiger partial charge in [0.1, 0.15) is 5.75 Å². The maximum atomic E-state index is 12.6. The molecule has 2 amide bonds. The fraction of sp³-hybridized carbons (Fsp3) is 0.522. The number of carbonyl (C=O) groups is 3. The van der Waals surface area contributed by atoms with Crippen LogP contribution in [0.25, 0.3) is 11.4 Å². The topological polar surface area (TPSA) is 115 Å².